The molecule has 4 aliphatic carbocycles. The second-order valence-electron chi connectivity index (χ2n) is 7.65. The lowest BCUT2D eigenvalue weighted by molar-refractivity contribution is -0.146. The molecule has 0 heterocycles. The van der Waals surface area contributed by atoms with Crippen molar-refractivity contribution in [2.75, 3.05) is 6.61 Å². The predicted molar refractivity (Wildman–Crippen MR) is 80.2 cm³/mol. The average molecular weight is 276 g/mol. The molecule has 0 aromatic rings. The molecule has 4 fully saturated rings. The van der Waals surface area contributed by atoms with Gasteiger partial charge >= 0.3 is 5.97 Å². The molecule has 112 valence electrons. The van der Waals surface area contributed by atoms with Gasteiger partial charge in [0.1, 0.15) is 0 Å². The van der Waals surface area contributed by atoms with Crippen molar-refractivity contribution in [3.05, 3.63) is 12.2 Å². The Kier molecular flexibility index (Phi) is 3.68. The van der Waals surface area contributed by atoms with Crippen LogP contribution < -0.4 is 0 Å². The Bertz CT molecular complexity index is 398. The van der Waals surface area contributed by atoms with Gasteiger partial charge in [0.25, 0.3) is 0 Å². The van der Waals surface area contributed by atoms with Gasteiger partial charge in [-0.05, 0) is 74.5 Å². The predicted octanol–water partition coefficient (Wildman–Crippen LogP) is 4.35. The van der Waals surface area contributed by atoms with Crippen LogP contribution in [0.25, 0.3) is 0 Å². The molecule has 0 aromatic carbocycles. The van der Waals surface area contributed by atoms with Crippen molar-refractivity contribution >= 4 is 5.97 Å². The minimum atomic E-state index is -0.220. The molecular weight excluding hydrogens is 248 g/mol. The van der Waals surface area contributed by atoms with E-state index in [0.29, 0.717) is 17.6 Å². The molecule has 0 amide bonds. The highest BCUT2D eigenvalue weighted by atomic mass is 16.5. The number of carbonyl (C=O) groups excluding carboxylic acids is 1. The number of rotatable bonds is 5. The number of carbonyl (C=O) groups is 1. The molecule has 2 heteroatoms. The summed E-state index contributed by atoms with van der Waals surface area (Å²) in [7, 11) is 0. The molecule has 20 heavy (non-hydrogen) atoms. The Morgan fingerprint density at radius 1 is 1.25 bits per heavy atom. The van der Waals surface area contributed by atoms with Crippen molar-refractivity contribution in [3.63, 3.8) is 0 Å². The van der Waals surface area contributed by atoms with Crippen LogP contribution in [-0.2, 0) is 9.53 Å². The van der Waals surface area contributed by atoms with Crippen molar-refractivity contribution in [2.24, 2.45) is 29.1 Å². The van der Waals surface area contributed by atoms with Crippen molar-refractivity contribution in [2.45, 2.75) is 58.8 Å². The van der Waals surface area contributed by atoms with Crippen LogP contribution in [0.1, 0.15) is 58.8 Å². The Balaban J connectivity index is 1.66. The van der Waals surface area contributed by atoms with Gasteiger partial charge in [-0.2, -0.15) is 0 Å². The molecule has 0 radical (unpaired) electrons. The van der Waals surface area contributed by atoms with Gasteiger partial charge in [-0.3, -0.25) is 0 Å². The third-order valence-corrected chi connectivity index (χ3v) is 6.31. The summed E-state index contributed by atoms with van der Waals surface area (Å²) in [4.78, 5) is 11.6. The summed E-state index contributed by atoms with van der Waals surface area (Å²) in [5, 5.41) is 0. The van der Waals surface area contributed by atoms with E-state index in [2.05, 4.69) is 13.5 Å². The highest BCUT2D eigenvalue weighted by molar-refractivity contribution is 5.86. The zero-order valence-electron chi connectivity index (χ0n) is 13.0. The maximum atomic E-state index is 11.6. The zero-order valence-corrected chi connectivity index (χ0v) is 13.0. The third kappa shape index (κ3) is 2.31. The molecule has 3 unspecified atom stereocenters. The fourth-order valence-corrected chi connectivity index (χ4v) is 5.94. The van der Waals surface area contributed by atoms with Crippen molar-refractivity contribution < 1.29 is 9.53 Å². The van der Waals surface area contributed by atoms with Gasteiger partial charge in [0.15, 0.2) is 0 Å². The van der Waals surface area contributed by atoms with Gasteiger partial charge in [0.05, 0.1) is 6.61 Å². The Labute approximate surface area is 123 Å². The van der Waals surface area contributed by atoms with E-state index in [1.54, 1.807) is 6.92 Å². The second kappa shape index (κ2) is 5.20. The lowest BCUT2D eigenvalue weighted by Crippen LogP contribution is -2.52. The first-order chi connectivity index (χ1) is 9.54. The van der Waals surface area contributed by atoms with E-state index >= 15 is 0 Å². The molecule has 0 saturated heterocycles. The smallest absolute Gasteiger partial charge is 0.333 e. The van der Waals surface area contributed by atoms with Gasteiger partial charge in [0.2, 0.25) is 0 Å². The normalized spacial score (nSPS) is 41.7. The van der Waals surface area contributed by atoms with Gasteiger partial charge in [-0.15, -0.1) is 0 Å². The molecule has 4 aliphatic rings. The van der Waals surface area contributed by atoms with Crippen LogP contribution >= 0.6 is 0 Å². The third-order valence-electron chi connectivity index (χ3n) is 6.31. The molecular formula is C18H28O2. The van der Waals surface area contributed by atoms with E-state index in [0.717, 1.165) is 30.1 Å². The monoisotopic (exact) mass is 276 g/mol. The molecule has 4 bridgehead atoms. The van der Waals surface area contributed by atoms with Gasteiger partial charge in [-0.25, -0.2) is 4.79 Å². The van der Waals surface area contributed by atoms with Crippen LogP contribution in [0.5, 0.6) is 0 Å². The largest absolute Gasteiger partial charge is 0.462 e. The second-order valence-corrected chi connectivity index (χ2v) is 7.65. The lowest BCUT2D eigenvalue weighted by Gasteiger charge is -2.61. The van der Waals surface area contributed by atoms with E-state index in [9.17, 15) is 4.79 Å². The SMILES string of the molecule is C=C(C)C(=O)OCCC12CC3CC(CC(C3)C1CC)C2. The van der Waals surface area contributed by atoms with Gasteiger partial charge < -0.3 is 4.74 Å². The van der Waals surface area contributed by atoms with E-state index in [1.165, 1.54) is 38.5 Å². The van der Waals surface area contributed by atoms with Crippen molar-refractivity contribution in [1.82, 2.24) is 0 Å². The Morgan fingerprint density at radius 3 is 2.45 bits per heavy atom. The maximum absolute atomic E-state index is 11.6. The van der Waals surface area contributed by atoms with E-state index < -0.39 is 0 Å². The summed E-state index contributed by atoms with van der Waals surface area (Å²) in [6, 6.07) is 0. The van der Waals surface area contributed by atoms with E-state index in [-0.39, 0.29) is 5.97 Å². The summed E-state index contributed by atoms with van der Waals surface area (Å²) >= 11 is 0. The summed E-state index contributed by atoms with van der Waals surface area (Å²) < 4.78 is 5.40. The summed E-state index contributed by atoms with van der Waals surface area (Å²) in [5.74, 6) is 3.55. The maximum Gasteiger partial charge on any atom is 0.333 e. The minimum Gasteiger partial charge on any atom is -0.462 e. The fourth-order valence-electron chi connectivity index (χ4n) is 5.94. The van der Waals surface area contributed by atoms with Gasteiger partial charge in [0, 0.05) is 5.57 Å². The first-order valence-corrected chi connectivity index (χ1v) is 8.36. The highest BCUT2D eigenvalue weighted by Gasteiger charge is 2.55. The highest BCUT2D eigenvalue weighted by Crippen LogP contribution is 2.64. The molecule has 4 rings (SSSR count). The minimum absolute atomic E-state index is 0.220. The van der Waals surface area contributed by atoms with Crippen LogP contribution in [0.2, 0.25) is 0 Å². The lowest BCUT2D eigenvalue weighted by atomic mass is 9.44. The van der Waals surface area contributed by atoms with Crippen molar-refractivity contribution in [1.29, 1.82) is 0 Å². The van der Waals surface area contributed by atoms with Crippen LogP contribution in [0, 0.1) is 29.1 Å². The fraction of sp³-hybridized carbons (Fsp3) is 0.833. The van der Waals surface area contributed by atoms with Crippen LogP contribution in [0.3, 0.4) is 0 Å². The number of hydrogen-bond donors (Lipinski definition) is 0. The molecule has 0 aliphatic heterocycles. The van der Waals surface area contributed by atoms with Crippen molar-refractivity contribution in [3.8, 4) is 0 Å². The van der Waals surface area contributed by atoms with Gasteiger partial charge in [-0.1, -0.05) is 19.9 Å². The summed E-state index contributed by atoms with van der Waals surface area (Å²) in [6.07, 6.45) is 9.59. The summed E-state index contributed by atoms with van der Waals surface area (Å²) in [5.41, 5.74) is 1.00. The zero-order chi connectivity index (χ0) is 14.3. The molecule has 0 aromatic heterocycles. The molecule has 3 atom stereocenters. The summed E-state index contributed by atoms with van der Waals surface area (Å²) in [6.45, 7) is 8.33. The van der Waals surface area contributed by atoms with Crippen LogP contribution in [0.4, 0.5) is 0 Å². The molecule has 0 spiro atoms. The Hall–Kier alpha value is -0.790. The standard InChI is InChI=1S/C18H28O2/c1-4-16-15-8-13-7-14(9-15)11-18(16,10-13)5-6-20-17(19)12(2)3/h13-16H,2,4-11H2,1,3H3. The quantitative estimate of drug-likeness (QED) is 0.551. The van der Waals surface area contributed by atoms with Crippen LogP contribution in [0.15, 0.2) is 12.2 Å². The first-order valence-electron chi connectivity index (χ1n) is 8.36. The van der Waals surface area contributed by atoms with E-state index in [1.807, 2.05) is 0 Å². The van der Waals surface area contributed by atoms with Crippen LogP contribution in [-0.4, -0.2) is 12.6 Å². The van der Waals surface area contributed by atoms with E-state index in [4.69, 9.17) is 4.74 Å². The number of ether oxygens (including phenoxy) is 1. The molecule has 0 N–H and O–H groups in total. The Morgan fingerprint density at radius 2 is 1.90 bits per heavy atom. The average Bonchev–Trinajstić information content (AvgIpc) is 2.37. The number of esters is 1. The number of hydrogen-bond acceptors (Lipinski definition) is 2. The molecule has 4 saturated carbocycles. The first kappa shape index (κ1) is 14.2. The topological polar surface area (TPSA) is 26.3 Å². The molecule has 2 nitrogen and oxygen atoms in total.